The molecular formula is C32H40ClN7O2. The van der Waals surface area contributed by atoms with E-state index in [-0.39, 0.29) is 5.91 Å². The zero-order valence-corrected chi connectivity index (χ0v) is 25.4. The van der Waals surface area contributed by atoms with Crippen molar-refractivity contribution in [1.29, 1.82) is 0 Å². The van der Waals surface area contributed by atoms with Crippen molar-refractivity contribution in [3.05, 3.63) is 70.9 Å². The highest BCUT2D eigenvalue weighted by Crippen LogP contribution is 2.32. The largest absolute Gasteiger partial charge is 0.497 e. The van der Waals surface area contributed by atoms with Crippen LogP contribution in [0.15, 0.2) is 54.7 Å². The summed E-state index contributed by atoms with van der Waals surface area (Å²) in [5, 5.41) is 7.21. The number of rotatable bonds is 12. The van der Waals surface area contributed by atoms with Crippen LogP contribution in [-0.2, 0) is 17.8 Å². The maximum Gasteiger partial charge on any atom is 0.220 e. The van der Waals surface area contributed by atoms with Gasteiger partial charge in [0.05, 0.1) is 24.0 Å². The van der Waals surface area contributed by atoms with Gasteiger partial charge in [-0.05, 0) is 56.6 Å². The molecule has 4 aromatic rings. The van der Waals surface area contributed by atoms with Crippen molar-refractivity contribution in [2.24, 2.45) is 0 Å². The molecule has 5 rings (SSSR count). The predicted molar refractivity (Wildman–Crippen MR) is 169 cm³/mol. The number of nitrogens with zero attached hydrogens (tertiary/aromatic N) is 4. The summed E-state index contributed by atoms with van der Waals surface area (Å²) < 4.78 is 5.27. The number of hydrogen-bond donors (Lipinski definition) is 3. The standard InChI is InChI=1S/C32H40ClN7O2/c1-39(2)19-16-34-28(41)13-8-22-4-9-24(10-5-22)31-37-30-29(27(33)20-35-32(30)38-31)36-25-14-17-40(18-15-25)21-23-6-11-26(42-3)12-7-23/h4-7,9-12,20,25H,8,13-19,21H2,1-3H3,(H,34,41)(H2,35,36,37,38). The lowest BCUT2D eigenvalue weighted by Crippen LogP contribution is -2.38. The number of H-pyrrole nitrogens is 1. The van der Waals surface area contributed by atoms with Gasteiger partial charge in [0.15, 0.2) is 5.65 Å². The van der Waals surface area contributed by atoms with Gasteiger partial charge in [0.1, 0.15) is 17.1 Å². The van der Waals surface area contributed by atoms with E-state index in [4.69, 9.17) is 21.3 Å². The molecule has 0 bridgehead atoms. The number of hydrogen-bond acceptors (Lipinski definition) is 7. The molecule has 2 aromatic carbocycles. The number of aryl methyl sites for hydroxylation is 1. The fourth-order valence-electron chi connectivity index (χ4n) is 5.23. The number of anilines is 1. The van der Waals surface area contributed by atoms with Crippen molar-refractivity contribution in [3.8, 4) is 17.1 Å². The van der Waals surface area contributed by atoms with Gasteiger partial charge in [-0.15, -0.1) is 0 Å². The van der Waals surface area contributed by atoms with Crippen molar-refractivity contribution in [1.82, 2.24) is 30.1 Å². The summed E-state index contributed by atoms with van der Waals surface area (Å²) in [4.78, 5) is 29.4. The molecule has 1 saturated heterocycles. The van der Waals surface area contributed by atoms with Crippen molar-refractivity contribution >= 4 is 34.4 Å². The van der Waals surface area contributed by atoms with Gasteiger partial charge in [-0.3, -0.25) is 9.69 Å². The summed E-state index contributed by atoms with van der Waals surface area (Å²) in [7, 11) is 5.68. The third-order valence-corrected chi connectivity index (χ3v) is 8.00. The van der Waals surface area contributed by atoms with E-state index in [1.54, 1.807) is 13.3 Å². The Hall–Kier alpha value is -3.66. The number of carbonyl (C=O) groups is 1. The van der Waals surface area contributed by atoms with Crippen LogP contribution in [0.25, 0.3) is 22.6 Å². The number of piperidine rings is 1. The number of likely N-dealkylation sites (N-methyl/N-ethyl adjacent to an activating group) is 1. The smallest absolute Gasteiger partial charge is 0.220 e. The summed E-state index contributed by atoms with van der Waals surface area (Å²) in [5.41, 5.74) is 5.64. The normalized spacial score (nSPS) is 14.4. The number of amides is 1. The van der Waals surface area contributed by atoms with Crippen LogP contribution in [0.5, 0.6) is 5.75 Å². The van der Waals surface area contributed by atoms with E-state index in [2.05, 4.69) is 54.7 Å². The molecule has 1 aliphatic heterocycles. The van der Waals surface area contributed by atoms with Crippen LogP contribution in [0, 0.1) is 0 Å². The number of nitrogens with one attached hydrogen (secondary N) is 3. The van der Waals surface area contributed by atoms with E-state index in [1.165, 1.54) is 5.56 Å². The Bertz CT molecular complexity index is 1460. The first kappa shape index (κ1) is 29.8. The lowest BCUT2D eigenvalue weighted by molar-refractivity contribution is -0.121. The Kier molecular flexibility index (Phi) is 9.94. The molecular weight excluding hydrogens is 550 g/mol. The zero-order chi connectivity index (χ0) is 29.5. The molecule has 0 aliphatic carbocycles. The monoisotopic (exact) mass is 589 g/mol. The number of pyridine rings is 1. The third-order valence-electron chi connectivity index (χ3n) is 7.72. The van der Waals surface area contributed by atoms with Crippen LogP contribution in [0.3, 0.4) is 0 Å². The molecule has 222 valence electrons. The molecule has 0 atom stereocenters. The molecule has 9 nitrogen and oxygen atoms in total. The van der Waals surface area contributed by atoms with Crippen molar-refractivity contribution in [3.63, 3.8) is 0 Å². The van der Waals surface area contributed by atoms with E-state index >= 15 is 0 Å². The second kappa shape index (κ2) is 14.0. The molecule has 0 radical (unpaired) electrons. The van der Waals surface area contributed by atoms with Crippen LogP contribution < -0.4 is 15.4 Å². The number of carbonyl (C=O) groups excluding carboxylic acids is 1. The predicted octanol–water partition coefficient (Wildman–Crippen LogP) is 4.97. The van der Waals surface area contributed by atoms with Gasteiger partial charge in [0.2, 0.25) is 5.91 Å². The molecule has 1 aliphatic rings. The first-order chi connectivity index (χ1) is 20.4. The van der Waals surface area contributed by atoms with Gasteiger partial charge < -0.3 is 25.3 Å². The second-order valence-electron chi connectivity index (χ2n) is 11.2. The van der Waals surface area contributed by atoms with Crippen molar-refractivity contribution < 1.29 is 9.53 Å². The minimum absolute atomic E-state index is 0.0732. The first-order valence-electron chi connectivity index (χ1n) is 14.5. The van der Waals surface area contributed by atoms with Gasteiger partial charge >= 0.3 is 0 Å². The Morgan fingerprint density at radius 3 is 2.50 bits per heavy atom. The lowest BCUT2D eigenvalue weighted by atomic mass is 10.0. The summed E-state index contributed by atoms with van der Waals surface area (Å²) >= 11 is 6.63. The molecule has 0 spiro atoms. The molecule has 1 fully saturated rings. The molecule has 3 N–H and O–H groups in total. The Balaban J connectivity index is 1.18. The highest BCUT2D eigenvalue weighted by atomic mass is 35.5. The fourth-order valence-corrected chi connectivity index (χ4v) is 5.42. The molecule has 10 heteroatoms. The van der Waals surface area contributed by atoms with E-state index in [0.29, 0.717) is 36.1 Å². The van der Waals surface area contributed by atoms with E-state index in [1.807, 2.05) is 38.4 Å². The van der Waals surface area contributed by atoms with Crippen LogP contribution in [0.4, 0.5) is 5.69 Å². The SMILES string of the molecule is COc1ccc(CN2CCC(Nc3c(Cl)cnc4[nH]c(-c5ccc(CCC(=O)NCCN(C)C)cc5)nc34)CC2)cc1. The molecule has 3 heterocycles. The number of halogens is 1. The summed E-state index contributed by atoms with van der Waals surface area (Å²) in [5.74, 6) is 1.70. The molecule has 42 heavy (non-hydrogen) atoms. The van der Waals surface area contributed by atoms with Gasteiger partial charge in [0, 0.05) is 50.7 Å². The van der Waals surface area contributed by atoms with E-state index in [9.17, 15) is 4.79 Å². The van der Waals surface area contributed by atoms with Crippen LogP contribution >= 0.6 is 11.6 Å². The van der Waals surface area contributed by atoms with Crippen LogP contribution in [0.2, 0.25) is 5.02 Å². The topological polar surface area (TPSA) is 98.4 Å². The number of imidazole rings is 1. The molecule has 1 amide bonds. The number of methoxy groups -OCH3 is 1. The van der Waals surface area contributed by atoms with Gasteiger partial charge in [-0.1, -0.05) is 48.0 Å². The van der Waals surface area contributed by atoms with Gasteiger partial charge in [-0.25, -0.2) is 9.97 Å². The number of likely N-dealkylation sites (tertiary alicyclic amines) is 1. The lowest BCUT2D eigenvalue weighted by Gasteiger charge is -2.33. The Morgan fingerprint density at radius 2 is 1.81 bits per heavy atom. The highest BCUT2D eigenvalue weighted by Gasteiger charge is 2.22. The Morgan fingerprint density at radius 1 is 1.10 bits per heavy atom. The van der Waals surface area contributed by atoms with Gasteiger partial charge in [0.25, 0.3) is 0 Å². The summed E-state index contributed by atoms with van der Waals surface area (Å²) in [6, 6.07) is 16.8. The molecule has 2 aromatic heterocycles. The van der Waals surface area contributed by atoms with Crippen molar-refractivity contribution in [2.45, 2.75) is 38.3 Å². The second-order valence-corrected chi connectivity index (χ2v) is 11.6. The zero-order valence-electron chi connectivity index (χ0n) is 24.6. The minimum Gasteiger partial charge on any atom is -0.497 e. The minimum atomic E-state index is 0.0732. The van der Waals surface area contributed by atoms with Crippen LogP contribution in [0.1, 0.15) is 30.4 Å². The maximum atomic E-state index is 12.1. The highest BCUT2D eigenvalue weighted by molar-refractivity contribution is 6.34. The molecule has 0 unspecified atom stereocenters. The number of aromatic nitrogens is 3. The van der Waals surface area contributed by atoms with E-state index < -0.39 is 0 Å². The summed E-state index contributed by atoms with van der Waals surface area (Å²) in [6.45, 7) is 4.44. The summed E-state index contributed by atoms with van der Waals surface area (Å²) in [6.07, 6.45) is 4.87. The quantitative estimate of drug-likeness (QED) is 0.214. The third kappa shape index (κ3) is 7.79. The number of fused-ring (bicyclic) bond motifs is 1. The van der Waals surface area contributed by atoms with E-state index in [0.717, 1.165) is 72.9 Å². The first-order valence-corrected chi connectivity index (χ1v) is 14.9. The van der Waals surface area contributed by atoms with Gasteiger partial charge in [-0.2, -0.15) is 0 Å². The number of benzene rings is 2. The average molecular weight is 590 g/mol. The van der Waals surface area contributed by atoms with Crippen molar-refractivity contribution in [2.75, 3.05) is 52.7 Å². The average Bonchev–Trinajstić information content (AvgIpc) is 3.44. The molecule has 0 saturated carbocycles. The maximum absolute atomic E-state index is 12.1. The Labute approximate surface area is 252 Å². The fraction of sp³-hybridized carbons (Fsp3) is 0.406. The number of aromatic amines is 1. The van der Waals surface area contributed by atoms with Crippen LogP contribution in [-0.4, -0.2) is 84.1 Å². The number of ether oxygens (including phenoxy) is 1.